The SMILES string of the molecule is [2H]C([2H])([2H])C1([2H])N=C(N)NC(N(C)C)=N1. The van der Waals surface area contributed by atoms with Gasteiger partial charge >= 0.3 is 0 Å². The molecule has 5 nitrogen and oxygen atoms in total. The van der Waals surface area contributed by atoms with Gasteiger partial charge in [-0.1, -0.05) is 0 Å². The summed E-state index contributed by atoms with van der Waals surface area (Å²) in [7, 11) is 3.31. The van der Waals surface area contributed by atoms with Crippen molar-refractivity contribution < 1.29 is 5.48 Å². The number of hydrogen-bond donors (Lipinski definition) is 2. The van der Waals surface area contributed by atoms with E-state index in [2.05, 4.69) is 15.3 Å². The molecule has 3 N–H and O–H groups in total. The standard InChI is InChI=1S/C6H13N5/c1-4-8-5(7)10-6(9-4)11(2)3/h4H,1-3H3,(H3,7,8,9,10)/i1D3,4D. The van der Waals surface area contributed by atoms with Gasteiger partial charge in [0, 0.05) is 18.2 Å². The molecule has 1 rings (SSSR count). The van der Waals surface area contributed by atoms with Crippen LogP contribution in [0.5, 0.6) is 0 Å². The van der Waals surface area contributed by atoms with Crippen molar-refractivity contribution in [1.82, 2.24) is 10.2 Å². The van der Waals surface area contributed by atoms with E-state index in [4.69, 9.17) is 11.2 Å². The van der Waals surface area contributed by atoms with Crippen molar-refractivity contribution in [3.63, 3.8) is 0 Å². The van der Waals surface area contributed by atoms with Gasteiger partial charge in [-0.25, -0.2) is 9.98 Å². The number of nitrogens with zero attached hydrogens (tertiary/aromatic N) is 3. The molecule has 0 aromatic rings. The highest BCUT2D eigenvalue weighted by molar-refractivity contribution is 5.99. The molecular formula is C6H13N5. The Morgan fingerprint density at radius 3 is 3.00 bits per heavy atom. The van der Waals surface area contributed by atoms with Gasteiger partial charge < -0.3 is 10.6 Å². The van der Waals surface area contributed by atoms with E-state index in [1.54, 1.807) is 14.1 Å². The Hall–Kier alpha value is -1.26. The van der Waals surface area contributed by atoms with Crippen LogP contribution in [-0.2, 0) is 0 Å². The van der Waals surface area contributed by atoms with Crippen molar-refractivity contribution in [2.24, 2.45) is 15.7 Å². The molecule has 0 radical (unpaired) electrons. The molecule has 0 bridgehead atoms. The maximum atomic E-state index is 7.64. The molecule has 0 amide bonds. The molecule has 0 saturated carbocycles. The Labute approximate surface area is 71.6 Å². The quantitative estimate of drug-likeness (QED) is 0.485. The first-order valence-corrected chi connectivity index (χ1v) is 3.05. The van der Waals surface area contributed by atoms with Gasteiger partial charge in [0.1, 0.15) is 6.14 Å². The van der Waals surface area contributed by atoms with E-state index in [0.717, 1.165) is 0 Å². The van der Waals surface area contributed by atoms with Gasteiger partial charge in [0.15, 0.2) is 5.96 Å². The third-order valence-electron chi connectivity index (χ3n) is 1.10. The van der Waals surface area contributed by atoms with Gasteiger partial charge in [-0.2, -0.15) is 0 Å². The summed E-state index contributed by atoms with van der Waals surface area (Å²) < 4.78 is 29.2. The largest absolute Gasteiger partial charge is 0.370 e. The Balaban J connectivity index is 3.13. The fourth-order valence-corrected chi connectivity index (χ4v) is 0.622. The van der Waals surface area contributed by atoms with Crippen LogP contribution in [0.1, 0.15) is 12.3 Å². The summed E-state index contributed by atoms with van der Waals surface area (Å²) in [5, 5.41) is 2.58. The van der Waals surface area contributed by atoms with Gasteiger partial charge in [-0.3, -0.25) is 5.32 Å². The normalized spacial score (nSPS) is 36.5. The van der Waals surface area contributed by atoms with E-state index in [1.165, 1.54) is 4.90 Å². The second-order valence-electron chi connectivity index (χ2n) is 2.28. The summed E-state index contributed by atoms with van der Waals surface area (Å²) in [6, 6.07) is 0. The Kier molecular flexibility index (Phi) is 0.994. The van der Waals surface area contributed by atoms with Crippen LogP contribution in [0.2, 0.25) is 0 Å². The van der Waals surface area contributed by atoms with Gasteiger partial charge in [0.2, 0.25) is 5.96 Å². The lowest BCUT2D eigenvalue weighted by atomic mass is 10.5. The molecule has 1 aliphatic rings. The lowest BCUT2D eigenvalue weighted by molar-refractivity contribution is 0.581. The first-order valence-electron chi connectivity index (χ1n) is 5.05. The van der Waals surface area contributed by atoms with E-state index >= 15 is 0 Å². The van der Waals surface area contributed by atoms with Crippen LogP contribution in [-0.4, -0.2) is 37.1 Å². The molecule has 5 heteroatoms. The molecule has 1 heterocycles. The summed E-state index contributed by atoms with van der Waals surface area (Å²) in [6.07, 6.45) is -2.26. The van der Waals surface area contributed by atoms with Crippen molar-refractivity contribution in [1.29, 1.82) is 0 Å². The number of rotatable bonds is 0. The van der Waals surface area contributed by atoms with Crippen LogP contribution in [0.4, 0.5) is 0 Å². The zero-order valence-electron chi connectivity index (χ0n) is 10.4. The van der Waals surface area contributed by atoms with Crippen molar-refractivity contribution in [2.75, 3.05) is 14.1 Å². The van der Waals surface area contributed by atoms with Crippen molar-refractivity contribution in [2.45, 2.75) is 13.0 Å². The van der Waals surface area contributed by atoms with E-state index in [1.807, 2.05) is 0 Å². The summed E-state index contributed by atoms with van der Waals surface area (Å²) in [6.45, 7) is -2.65. The van der Waals surface area contributed by atoms with Crippen LogP contribution < -0.4 is 11.1 Å². The maximum Gasteiger partial charge on any atom is 0.202 e. The zero-order valence-corrected chi connectivity index (χ0v) is 6.42. The first kappa shape index (κ1) is 3.94. The van der Waals surface area contributed by atoms with Gasteiger partial charge in [0.25, 0.3) is 0 Å². The fourth-order valence-electron chi connectivity index (χ4n) is 0.622. The highest BCUT2D eigenvalue weighted by Crippen LogP contribution is 1.97. The van der Waals surface area contributed by atoms with Crippen LogP contribution in [0.25, 0.3) is 0 Å². The third-order valence-corrected chi connectivity index (χ3v) is 1.10. The van der Waals surface area contributed by atoms with E-state index in [-0.39, 0.29) is 11.9 Å². The highest BCUT2D eigenvalue weighted by atomic mass is 15.4. The number of aliphatic imine (C=N–C) groups is 2. The number of hydrogen-bond acceptors (Lipinski definition) is 5. The number of nitrogens with one attached hydrogen (secondary N) is 1. The summed E-state index contributed by atoms with van der Waals surface area (Å²) in [4.78, 5) is 8.72. The average molecular weight is 159 g/mol. The topological polar surface area (TPSA) is 66.0 Å². The molecule has 1 aliphatic heterocycles. The van der Waals surface area contributed by atoms with Gasteiger partial charge in [-0.05, 0) is 6.85 Å². The average Bonchev–Trinajstić information content (AvgIpc) is 2.00. The van der Waals surface area contributed by atoms with Crippen molar-refractivity contribution in [3.05, 3.63) is 0 Å². The molecule has 62 valence electrons. The van der Waals surface area contributed by atoms with E-state index in [9.17, 15) is 0 Å². The van der Waals surface area contributed by atoms with E-state index in [0.29, 0.717) is 0 Å². The summed E-state index contributed by atoms with van der Waals surface area (Å²) in [5.74, 6) is 0.0773. The van der Waals surface area contributed by atoms with Crippen LogP contribution >= 0.6 is 0 Å². The second kappa shape index (κ2) is 2.77. The molecule has 0 spiro atoms. The minimum absolute atomic E-state index is 0.125. The Morgan fingerprint density at radius 1 is 1.73 bits per heavy atom. The lowest BCUT2D eigenvalue weighted by Crippen LogP contribution is -2.47. The van der Waals surface area contributed by atoms with Gasteiger partial charge in [0.05, 0.1) is 1.37 Å². The first-order chi connectivity index (χ1) is 6.66. The predicted molar refractivity (Wildman–Crippen MR) is 45.3 cm³/mol. The van der Waals surface area contributed by atoms with Crippen molar-refractivity contribution in [3.8, 4) is 0 Å². The smallest absolute Gasteiger partial charge is 0.202 e. The summed E-state index contributed by atoms with van der Waals surface area (Å²) >= 11 is 0. The Bertz CT molecular complexity index is 320. The van der Waals surface area contributed by atoms with E-state index < -0.39 is 13.0 Å². The summed E-state index contributed by atoms with van der Waals surface area (Å²) in [5.41, 5.74) is 5.40. The molecule has 0 fully saturated rings. The minimum Gasteiger partial charge on any atom is -0.370 e. The molecule has 0 aromatic heterocycles. The number of guanidine groups is 2. The molecule has 0 saturated heterocycles. The molecule has 1 atom stereocenters. The third kappa shape index (κ3) is 1.83. The zero-order chi connectivity index (χ0) is 11.9. The fraction of sp³-hybridized carbons (Fsp3) is 0.667. The molecule has 11 heavy (non-hydrogen) atoms. The lowest BCUT2D eigenvalue weighted by Gasteiger charge is -2.21. The highest BCUT2D eigenvalue weighted by Gasteiger charge is 2.11. The monoisotopic (exact) mass is 159 g/mol. The van der Waals surface area contributed by atoms with Gasteiger partial charge in [-0.15, -0.1) is 0 Å². The van der Waals surface area contributed by atoms with Crippen LogP contribution in [0, 0.1) is 0 Å². The van der Waals surface area contributed by atoms with Crippen LogP contribution in [0.3, 0.4) is 0 Å². The Morgan fingerprint density at radius 2 is 2.45 bits per heavy atom. The minimum atomic E-state index is -2.65. The van der Waals surface area contributed by atoms with Crippen molar-refractivity contribution >= 4 is 11.9 Å². The molecule has 1 unspecified atom stereocenters. The molecular weight excluding hydrogens is 142 g/mol. The second-order valence-corrected chi connectivity index (χ2v) is 2.28. The van der Waals surface area contributed by atoms with Crippen LogP contribution in [0.15, 0.2) is 9.98 Å². The molecule has 0 aliphatic carbocycles. The predicted octanol–water partition coefficient (Wildman–Crippen LogP) is -0.832. The number of nitrogens with two attached hydrogens (primary N) is 1. The maximum absolute atomic E-state index is 7.64. The molecule has 0 aromatic carbocycles.